The Morgan fingerprint density at radius 2 is 2.10 bits per heavy atom. The fraction of sp³-hybridized carbons (Fsp3) is 0.917. The molecule has 0 aromatic carbocycles. The molecule has 0 unspecified atom stereocenters. The first-order chi connectivity index (χ1) is 9.13. The zero-order valence-corrected chi connectivity index (χ0v) is 11.8. The van der Waals surface area contributed by atoms with Crippen molar-refractivity contribution in [3.05, 3.63) is 0 Å². The quantitative estimate of drug-likeness (QED) is 0.766. The number of amides is 1. The highest BCUT2D eigenvalue weighted by Gasteiger charge is 2.36. The highest BCUT2D eigenvalue weighted by atomic mass is 19.4. The van der Waals surface area contributed by atoms with Gasteiger partial charge in [-0.25, -0.2) is 0 Å². The average Bonchev–Trinajstić information content (AvgIpc) is 2.25. The molecule has 0 saturated carbocycles. The number of nitrogens with zero attached hydrogens (tertiary/aromatic N) is 1. The minimum atomic E-state index is -4.43. The number of alkyl halides is 3. The molecule has 5 nitrogen and oxygen atoms in total. The minimum Gasteiger partial charge on any atom is -0.382 e. The molecule has 0 aromatic heterocycles. The van der Waals surface area contributed by atoms with E-state index >= 15 is 0 Å². The van der Waals surface area contributed by atoms with Gasteiger partial charge in [-0.05, 0) is 13.8 Å². The number of hydrogen-bond donors (Lipinski definition) is 0. The summed E-state index contributed by atoms with van der Waals surface area (Å²) in [6.45, 7) is 2.52. The molecule has 1 atom stereocenters. The molecule has 0 spiro atoms. The van der Waals surface area contributed by atoms with E-state index in [1.165, 1.54) is 12.0 Å². The number of morpholine rings is 1. The molecule has 1 amide bonds. The number of halogens is 3. The SMILES string of the molecule is COC[C@H]1CN(C(=O)COCC(F)(F)F)CC(C)(C)O1. The van der Waals surface area contributed by atoms with Gasteiger partial charge in [0.1, 0.15) is 13.2 Å². The van der Waals surface area contributed by atoms with E-state index in [4.69, 9.17) is 9.47 Å². The minimum absolute atomic E-state index is 0.283. The molecular formula is C12H20F3NO4. The molecular weight excluding hydrogens is 279 g/mol. The van der Waals surface area contributed by atoms with Crippen molar-refractivity contribution in [2.75, 3.05) is 40.0 Å². The van der Waals surface area contributed by atoms with Crippen molar-refractivity contribution < 1.29 is 32.2 Å². The Kier molecular flexibility index (Phi) is 5.79. The second-order valence-electron chi connectivity index (χ2n) is 5.34. The van der Waals surface area contributed by atoms with Crippen molar-refractivity contribution in [1.82, 2.24) is 4.90 Å². The van der Waals surface area contributed by atoms with Crippen LogP contribution in [0.4, 0.5) is 13.2 Å². The maximum Gasteiger partial charge on any atom is 0.411 e. The van der Waals surface area contributed by atoms with Crippen molar-refractivity contribution in [3.63, 3.8) is 0 Å². The van der Waals surface area contributed by atoms with E-state index in [0.29, 0.717) is 13.2 Å². The fourth-order valence-electron chi connectivity index (χ4n) is 2.10. The Hall–Kier alpha value is -0.860. The number of carbonyl (C=O) groups is 1. The van der Waals surface area contributed by atoms with E-state index in [1.807, 2.05) is 13.8 Å². The van der Waals surface area contributed by atoms with Gasteiger partial charge in [0.15, 0.2) is 0 Å². The second kappa shape index (κ2) is 6.73. The predicted octanol–water partition coefficient (Wildman–Crippen LogP) is 1.22. The van der Waals surface area contributed by atoms with Gasteiger partial charge in [0.05, 0.1) is 18.3 Å². The lowest BCUT2D eigenvalue weighted by Gasteiger charge is -2.42. The van der Waals surface area contributed by atoms with Crippen molar-refractivity contribution in [3.8, 4) is 0 Å². The lowest BCUT2D eigenvalue weighted by Crippen LogP contribution is -2.56. The average molecular weight is 299 g/mol. The van der Waals surface area contributed by atoms with Crippen LogP contribution in [0.3, 0.4) is 0 Å². The Bertz CT molecular complexity index is 333. The van der Waals surface area contributed by atoms with E-state index < -0.39 is 30.9 Å². The maximum absolute atomic E-state index is 11.9. The summed E-state index contributed by atoms with van der Waals surface area (Å²) in [7, 11) is 1.52. The zero-order chi connectivity index (χ0) is 15.4. The summed E-state index contributed by atoms with van der Waals surface area (Å²) in [5, 5.41) is 0. The molecule has 0 N–H and O–H groups in total. The largest absolute Gasteiger partial charge is 0.411 e. The van der Waals surface area contributed by atoms with Crippen molar-refractivity contribution >= 4 is 5.91 Å². The Morgan fingerprint density at radius 3 is 2.65 bits per heavy atom. The van der Waals surface area contributed by atoms with Gasteiger partial charge in [-0.2, -0.15) is 13.2 Å². The van der Waals surface area contributed by atoms with Gasteiger partial charge >= 0.3 is 6.18 Å². The highest BCUT2D eigenvalue weighted by molar-refractivity contribution is 5.77. The molecule has 118 valence electrons. The standard InChI is InChI=1S/C12H20F3NO4/c1-11(2)7-16(4-9(20-11)5-18-3)10(17)6-19-8-12(13,14)15/h9H,4-8H2,1-3H3/t9-/m1/s1. The van der Waals surface area contributed by atoms with Crippen LogP contribution < -0.4 is 0 Å². The van der Waals surface area contributed by atoms with Crippen LogP contribution in [0.1, 0.15) is 13.8 Å². The van der Waals surface area contributed by atoms with Gasteiger partial charge in [-0.15, -0.1) is 0 Å². The van der Waals surface area contributed by atoms with Gasteiger partial charge in [-0.1, -0.05) is 0 Å². The van der Waals surface area contributed by atoms with Crippen LogP contribution in [0.25, 0.3) is 0 Å². The first kappa shape index (κ1) is 17.2. The number of methoxy groups -OCH3 is 1. The molecule has 1 rings (SSSR count). The van der Waals surface area contributed by atoms with Crippen LogP contribution in [0.5, 0.6) is 0 Å². The summed E-state index contributed by atoms with van der Waals surface area (Å²) >= 11 is 0. The van der Waals surface area contributed by atoms with Crippen LogP contribution in [0, 0.1) is 0 Å². The van der Waals surface area contributed by atoms with E-state index in [0.717, 1.165) is 0 Å². The number of rotatable bonds is 5. The van der Waals surface area contributed by atoms with Crippen molar-refractivity contribution in [2.24, 2.45) is 0 Å². The molecule has 0 radical (unpaired) electrons. The summed E-state index contributed by atoms with van der Waals surface area (Å²) in [4.78, 5) is 13.3. The molecule has 0 bridgehead atoms. The van der Waals surface area contributed by atoms with Crippen molar-refractivity contribution in [2.45, 2.75) is 31.7 Å². The smallest absolute Gasteiger partial charge is 0.382 e. The Morgan fingerprint density at radius 1 is 1.45 bits per heavy atom. The molecule has 1 aliphatic rings. The lowest BCUT2D eigenvalue weighted by molar-refractivity contribution is -0.186. The number of ether oxygens (including phenoxy) is 3. The van der Waals surface area contributed by atoms with Gasteiger partial charge in [-0.3, -0.25) is 4.79 Å². The summed E-state index contributed by atoms with van der Waals surface area (Å²) in [5.41, 5.74) is -0.568. The topological polar surface area (TPSA) is 48.0 Å². The van der Waals surface area contributed by atoms with Gasteiger partial charge in [0.2, 0.25) is 5.91 Å². The lowest BCUT2D eigenvalue weighted by atomic mass is 10.1. The normalized spacial score (nSPS) is 22.9. The molecule has 1 aliphatic heterocycles. The molecule has 0 aromatic rings. The molecule has 1 saturated heterocycles. The van der Waals surface area contributed by atoms with Gasteiger partial charge in [0, 0.05) is 20.2 Å². The van der Waals surface area contributed by atoms with Crippen LogP contribution in [0.2, 0.25) is 0 Å². The second-order valence-corrected chi connectivity index (χ2v) is 5.34. The van der Waals surface area contributed by atoms with Crippen LogP contribution in [-0.4, -0.2) is 68.7 Å². The molecule has 20 heavy (non-hydrogen) atoms. The monoisotopic (exact) mass is 299 g/mol. The summed E-state index contributed by atoms with van der Waals surface area (Å²) < 4.78 is 50.9. The molecule has 0 aliphatic carbocycles. The predicted molar refractivity (Wildman–Crippen MR) is 64.3 cm³/mol. The first-order valence-corrected chi connectivity index (χ1v) is 6.22. The summed E-state index contributed by atoms with van der Waals surface area (Å²) in [6.07, 6.45) is -4.72. The highest BCUT2D eigenvalue weighted by Crippen LogP contribution is 2.21. The summed E-state index contributed by atoms with van der Waals surface area (Å²) in [5.74, 6) is -0.480. The zero-order valence-electron chi connectivity index (χ0n) is 11.8. The fourth-order valence-corrected chi connectivity index (χ4v) is 2.10. The van der Waals surface area contributed by atoms with Crippen molar-refractivity contribution in [1.29, 1.82) is 0 Å². The van der Waals surface area contributed by atoms with E-state index in [-0.39, 0.29) is 12.6 Å². The number of hydrogen-bond acceptors (Lipinski definition) is 4. The third kappa shape index (κ3) is 6.06. The third-order valence-corrected chi connectivity index (χ3v) is 2.68. The first-order valence-electron chi connectivity index (χ1n) is 6.22. The Balaban J connectivity index is 2.49. The van der Waals surface area contributed by atoms with Gasteiger partial charge in [0.25, 0.3) is 0 Å². The molecule has 8 heteroatoms. The maximum atomic E-state index is 11.9. The van der Waals surface area contributed by atoms with Crippen LogP contribution in [0.15, 0.2) is 0 Å². The van der Waals surface area contributed by atoms with Crippen LogP contribution >= 0.6 is 0 Å². The van der Waals surface area contributed by atoms with Crippen LogP contribution in [-0.2, 0) is 19.0 Å². The summed E-state index contributed by atoms with van der Waals surface area (Å²) in [6, 6.07) is 0. The third-order valence-electron chi connectivity index (χ3n) is 2.68. The van der Waals surface area contributed by atoms with Gasteiger partial charge < -0.3 is 19.1 Å². The van der Waals surface area contributed by atoms with E-state index in [2.05, 4.69) is 4.74 Å². The molecule has 1 fully saturated rings. The Labute approximate surface area is 116 Å². The molecule has 1 heterocycles. The van der Waals surface area contributed by atoms with E-state index in [9.17, 15) is 18.0 Å². The van der Waals surface area contributed by atoms with E-state index in [1.54, 1.807) is 0 Å². The number of carbonyl (C=O) groups excluding carboxylic acids is 1.